The zero-order valence-corrected chi connectivity index (χ0v) is 10.5. The molecule has 0 aromatic heterocycles. The minimum Gasteiger partial charge on any atom is -0.317 e. The summed E-state index contributed by atoms with van der Waals surface area (Å²) in [5, 5.41) is 4.64. The standard InChI is InChI=1S/C10H13Cl2N.ClH/c1-7(13-2)6-8-9(11)4-3-5-10(8)12;/h3-5,7,13H,6H2,1-2H3;1H/t7-;/m0./s1. The predicted molar refractivity (Wildman–Crippen MR) is 65.9 cm³/mol. The fourth-order valence-corrected chi connectivity index (χ4v) is 1.69. The summed E-state index contributed by atoms with van der Waals surface area (Å²) in [5.74, 6) is 0. The predicted octanol–water partition coefficient (Wildman–Crippen LogP) is 3.57. The summed E-state index contributed by atoms with van der Waals surface area (Å²) in [6.45, 7) is 2.10. The monoisotopic (exact) mass is 253 g/mol. The Hall–Kier alpha value is 0.0500. The van der Waals surface area contributed by atoms with E-state index in [2.05, 4.69) is 12.2 Å². The first-order chi connectivity index (χ1) is 6.15. The van der Waals surface area contributed by atoms with Crippen LogP contribution in [-0.2, 0) is 6.42 Å². The lowest BCUT2D eigenvalue weighted by atomic mass is 10.1. The van der Waals surface area contributed by atoms with Crippen LogP contribution in [0.3, 0.4) is 0 Å². The van der Waals surface area contributed by atoms with E-state index in [-0.39, 0.29) is 12.4 Å². The second-order valence-corrected chi connectivity index (χ2v) is 3.91. The maximum atomic E-state index is 6.02. The van der Waals surface area contributed by atoms with Crippen molar-refractivity contribution in [2.45, 2.75) is 19.4 Å². The first-order valence-corrected chi connectivity index (χ1v) is 5.01. The Bertz CT molecular complexity index is 268. The molecule has 1 nitrogen and oxygen atoms in total. The van der Waals surface area contributed by atoms with Crippen LogP contribution in [0.15, 0.2) is 18.2 Å². The van der Waals surface area contributed by atoms with Crippen molar-refractivity contribution in [3.63, 3.8) is 0 Å². The molecule has 0 unspecified atom stereocenters. The van der Waals surface area contributed by atoms with Crippen LogP contribution in [-0.4, -0.2) is 13.1 Å². The number of rotatable bonds is 3. The van der Waals surface area contributed by atoms with E-state index in [4.69, 9.17) is 23.2 Å². The molecular weight excluding hydrogens is 240 g/mol. The molecule has 4 heteroatoms. The van der Waals surface area contributed by atoms with E-state index in [9.17, 15) is 0 Å². The highest BCUT2D eigenvalue weighted by Crippen LogP contribution is 2.25. The summed E-state index contributed by atoms with van der Waals surface area (Å²) in [6.07, 6.45) is 0.856. The van der Waals surface area contributed by atoms with Crippen molar-refractivity contribution in [2.24, 2.45) is 0 Å². The smallest absolute Gasteiger partial charge is 0.0453 e. The van der Waals surface area contributed by atoms with Crippen molar-refractivity contribution < 1.29 is 0 Å². The summed E-state index contributed by atoms with van der Waals surface area (Å²) in [5.41, 5.74) is 1.02. The second-order valence-electron chi connectivity index (χ2n) is 3.09. The van der Waals surface area contributed by atoms with Gasteiger partial charge in [0.15, 0.2) is 0 Å². The highest BCUT2D eigenvalue weighted by atomic mass is 35.5. The molecule has 80 valence electrons. The normalized spacial score (nSPS) is 12.0. The van der Waals surface area contributed by atoms with Crippen molar-refractivity contribution in [2.75, 3.05) is 7.05 Å². The second kappa shape index (κ2) is 6.52. The molecule has 14 heavy (non-hydrogen) atoms. The molecule has 0 radical (unpaired) electrons. The van der Waals surface area contributed by atoms with Gasteiger partial charge in [0.1, 0.15) is 0 Å². The molecule has 1 atom stereocenters. The Morgan fingerprint density at radius 1 is 1.29 bits per heavy atom. The minimum atomic E-state index is 0. The molecule has 0 aliphatic heterocycles. The van der Waals surface area contributed by atoms with Gasteiger partial charge in [-0.1, -0.05) is 29.3 Å². The number of hydrogen-bond acceptors (Lipinski definition) is 1. The maximum Gasteiger partial charge on any atom is 0.0453 e. The molecule has 1 N–H and O–H groups in total. The first-order valence-electron chi connectivity index (χ1n) is 4.25. The molecule has 1 rings (SSSR count). The molecule has 0 aliphatic rings. The molecular formula is C10H14Cl3N. The lowest BCUT2D eigenvalue weighted by molar-refractivity contribution is 0.609. The van der Waals surface area contributed by atoms with E-state index in [1.807, 2.05) is 25.2 Å². The Balaban J connectivity index is 0.00000169. The van der Waals surface area contributed by atoms with Gasteiger partial charge in [-0.25, -0.2) is 0 Å². The van der Waals surface area contributed by atoms with E-state index in [0.717, 1.165) is 22.0 Å². The molecule has 0 aliphatic carbocycles. The Labute approximate surface area is 101 Å². The van der Waals surface area contributed by atoms with Gasteiger partial charge in [0.05, 0.1) is 0 Å². The Kier molecular flexibility index (Phi) is 6.54. The molecule has 0 spiro atoms. The lowest BCUT2D eigenvalue weighted by Crippen LogP contribution is -2.23. The van der Waals surface area contributed by atoms with Crippen LogP contribution in [0, 0.1) is 0 Å². The summed E-state index contributed by atoms with van der Waals surface area (Å²) >= 11 is 12.0. The Morgan fingerprint density at radius 3 is 2.21 bits per heavy atom. The van der Waals surface area contributed by atoms with Crippen molar-refractivity contribution >= 4 is 35.6 Å². The van der Waals surface area contributed by atoms with Crippen molar-refractivity contribution in [3.8, 4) is 0 Å². The average Bonchev–Trinajstić information content (AvgIpc) is 2.11. The topological polar surface area (TPSA) is 12.0 Å². The fourth-order valence-electron chi connectivity index (χ4n) is 1.14. The third-order valence-corrected chi connectivity index (χ3v) is 2.77. The number of hydrogen-bond donors (Lipinski definition) is 1. The first kappa shape index (κ1) is 14.1. The minimum absolute atomic E-state index is 0. The van der Waals surface area contributed by atoms with E-state index in [1.165, 1.54) is 0 Å². The zero-order valence-electron chi connectivity index (χ0n) is 8.18. The summed E-state index contributed by atoms with van der Waals surface area (Å²) in [7, 11) is 1.93. The van der Waals surface area contributed by atoms with Gasteiger partial charge in [-0.3, -0.25) is 0 Å². The van der Waals surface area contributed by atoms with Crippen LogP contribution in [0.4, 0.5) is 0 Å². The van der Waals surface area contributed by atoms with Gasteiger partial charge in [0.2, 0.25) is 0 Å². The number of likely N-dealkylation sites (N-methyl/N-ethyl adjacent to an activating group) is 1. The van der Waals surface area contributed by atoms with E-state index < -0.39 is 0 Å². The third-order valence-electron chi connectivity index (χ3n) is 2.06. The number of benzene rings is 1. The zero-order chi connectivity index (χ0) is 9.84. The number of nitrogens with one attached hydrogen (secondary N) is 1. The van der Waals surface area contributed by atoms with E-state index >= 15 is 0 Å². The average molecular weight is 255 g/mol. The lowest BCUT2D eigenvalue weighted by Gasteiger charge is -2.12. The molecule has 0 bridgehead atoms. The fraction of sp³-hybridized carbons (Fsp3) is 0.400. The molecule has 0 heterocycles. The van der Waals surface area contributed by atoms with E-state index in [1.54, 1.807) is 0 Å². The van der Waals surface area contributed by atoms with Crippen LogP contribution in [0.1, 0.15) is 12.5 Å². The van der Waals surface area contributed by atoms with Crippen molar-refractivity contribution in [1.82, 2.24) is 5.32 Å². The maximum absolute atomic E-state index is 6.02. The van der Waals surface area contributed by atoms with Crippen LogP contribution < -0.4 is 5.32 Å². The van der Waals surface area contributed by atoms with Gasteiger partial charge in [0.25, 0.3) is 0 Å². The molecule has 1 aromatic carbocycles. The Morgan fingerprint density at radius 2 is 1.79 bits per heavy atom. The third kappa shape index (κ3) is 3.66. The van der Waals surface area contributed by atoms with Gasteiger partial charge in [0, 0.05) is 16.1 Å². The van der Waals surface area contributed by atoms with Gasteiger partial charge < -0.3 is 5.32 Å². The van der Waals surface area contributed by atoms with Crippen LogP contribution in [0.2, 0.25) is 10.0 Å². The molecule has 0 saturated heterocycles. The summed E-state index contributed by atoms with van der Waals surface area (Å²) in [4.78, 5) is 0. The summed E-state index contributed by atoms with van der Waals surface area (Å²) in [6, 6.07) is 5.98. The van der Waals surface area contributed by atoms with Gasteiger partial charge in [-0.05, 0) is 38.1 Å². The SMILES string of the molecule is CN[C@@H](C)Cc1c(Cl)cccc1Cl.Cl. The van der Waals surface area contributed by atoms with E-state index in [0.29, 0.717) is 6.04 Å². The van der Waals surface area contributed by atoms with Crippen LogP contribution in [0.5, 0.6) is 0 Å². The number of halogens is 3. The van der Waals surface area contributed by atoms with Gasteiger partial charge in [-0.15, -0.1) is 12.4 Å². The molecule has 0 fully saturated rings. The van der Waals surface area contributed by atoms with Crippen molar-refractivity contribution in [1.29, 1.82) is 0 Å². The molecule has 0 saturated carbocycles. The van der Waals surface area contributed by atoms with Crippen LogP contribution >= 0.6 is 35.6 Å². The van der Waals surface area contributed by atoms with Gasteiger partial charge in [-0.2, -0.15) is 0 Å². The summed E-state index contributed by atoms with van der Waals surface area (Å²) < 4.78 is 0. The molecule has 0 amide bonds. The van der Waals surface area contributed by atoms with Gasteiger partial charge >= 0.3 is 0 Å². The highest BCUT2D eigenvalue weighted by Gasteiger charge is 2.08. The highest BCUT2D eigenvalue weighted by molar-refractivity contribution is 6.35. The molecule has 1 aromatic rings. The largest absolute Gasteiger partial charge is 0.317 e. The van der Waals surface area contributed by atoms with Crippen LogP contribution in [0.25, 0.3) is 0 Å². The quantitative estimate of drug-likeness (QED) is 0.870. The van der Waals surface area contributed by atoms with Crippen molar-refractivity contribution in [3.05, 3.63) is 33.8 Å².